The lowest BCUT2D eigenvalue weighted by atomic mass is 9.67. The van der Waals surface area contributed by atoms with Gasteiger partial charge in [-0.1, -0.05) is 37.6 Å². The second-order valence-electron chi connectivity index (χ2n) is 24.5. The van der Waals surface area contributed by atoms with Crippen LogP contribution in [-0.2, 0) is 35.2 Å². The molecule has 5 aromatic rings. The zero-order valence-corrected chi connectivity index (χ0v) is 53.1. The summed E-state index contributed by atoms with van der Waals surface area (Å²) in [6, 6.07) is 15.8. The molecule has 7 amide bonds. The van der Waals surface area contributed by atoms with Crippen molar-refractivity contribution in [1.82, 2.24) is 34.7 Å². The van der Waals surface area contributed by atoms with Crippen LogP contribution in [0.2, 0.25) is 0 Å². The molecular formula is C67H81ClN10O14. The van der Waals surface area contributed by atoms with Crippen molar-refractivity contribution < 1.29 is 62.4 Å². The molecule has 4 atom stereocenters. The number of fused-ring (bicyclic) bond motifs is 5. The molecule has 0 spiro atoms. The second kappa shape index (κ2) is 29.9. The van der Waals surface area contributed by atoms with Gasteiger partial charge in [0.25, 0.3) is 17.4 Å². The first-order chi connectivity index (χ1) is 44.4. The number of nitrogens with one attached hydrogen (secondary N) is 3. The standard InChI is InChI=1S/C67H81ClN10O14/c1-41-19-24-47-57(59(41)82)58(63(85)91-44-22-20-43(21-23-44)71-60(83)48(17-9-10-29-69)73-65(87)67(27-14-28-67)64(86)70-30-11-5-12-31-76-54(80)25-26-55(76)81)78-50(61(84)72-47)38-52(89-3)62(78)90-36-13-4-6-18-53(79)77-40-42(39-68)56-46-16-8-7-15-45(46)51(37-49(56)77)92-66(88)75-34-32-74(2)33-35-75/h7-8,15-16,20-23,25-26,37-38,41-42,48,59,82H,4-6,9-14,17-19,24,27-36,39-40,69H2,1-3H3,(H,70,86)(H,71,83)(H,73,87)/t41?,42-,48+,59+/m1/s1. The molecule has 1 unspecified atom stereocenters. The molecule has 3 aliphatic heterocycles. The number of imide groups is 1. The molecule has 24 nitrogen and oxygen atoms in total. The average molecular weight is 1290 g/mol. The van der Waals surface area contributed by atoms with E-state index in [1.807, 2.05) is 38.2 Å². The summed E-state index contributed by atoms with van der Waals surface area (Å²) in [5, 5.41) is 22.0. The van der Waals surface area contributed by atoms with E-state index in [-0.39, 0.29) is 114 Å². The van der Waals surface area contributed by atoms with Gasteiger partial charge in [-0.3, -0.25) is 42.9 Å². The highest BCUT2D eigenvalue weighted by atomic mass is 35.5. The molecule has 0 bridgehead atoms. The minimum atomic E-state index is -1.35. The topological polar surface area (TPSA) is 303 Å². The summed E-state index contributed by atoms with van der Waals surface area (Å²) < 4.78 is 25.5. The SMILES string of the molecule is COc1cc2c(=O)nc3c(c(C(=O)Oc4ccc(NC(=O)[C@H](CCCCN)NC(=O)C5(C(=O)NCCCCCN6C(=O)C=CC6=O)CCC5)cc4)n2c1OCCCCCC(=O)N1C[C@@H](CCl)c2c1cc(OC(=O)N1CCN(C)CC1)c1ccccc21)[C@@H](O)C(C)CC3. The number of aliphatic hydroxyl groups excluding tert-OH is 1. The number of aromatic nitrogens is 2. The lowest BCUT2D eigenvalue weighted by Crippen LogP contribution is -2.58. The highest BCUT2D eigenvalue weighted by Crippen LogP contribution is 2.47. The number of anilines is 2. The first kappa shape index (κ1) is 66.5. The summed E-state index contributed by atoms with van der Waals surface area (Å²) in [6.07, 6.45) is 7.59. The van der Waals surface area contributed by atoms with E-state index in [0.29, 0.717) is 120 Å². The van der Waals surface area contributed by atoms with Crippen molar-refractivity contribution in [3.05, 3.63) is 106 Å². The van der Waals surface area contributed by atoms with Crippen LogP contribution in [0.5, 0.6) is 23.1 Å². The van der Waals surface area contributed by atoms with E-state index in [2.05, 4.69) is 25.8 Å². The summed E-state index contributed by atoms with van der Waals surface area (Å²) in [7, 11) is 3.40. The van der Waals surface area contributed by atoms with Gasteiger partial charge in [0.1, 0.15) is 34.2 Å². The van der Waals surface area contributed by atoms with Gasteiger partial charge in [0.15, 0.2) is 5.75 Å². The van der Waals surface area contributed by atoms with Gasteiger partial charge in [0, 0.05) is 105 Å². The van der Waals surface area contributed by atoms with Crippen LogP contribution in [-0.4, -0.2) is 162 Å². The monoisotopic (exact) mass is 1280 g/mol. The third-order valence-corrected chi connectivity index (χ3v) is 18.7. The Morgan fingerprint density at radius 2 is 1.57 bits per heavy atom. The van der Waals surface area contributed by atoms with Crippen LogP contribution in [0.1, 0.15) is 136 Å². The molecule has 0 radical (unpaired) electrons. The van der Waals surface area contributed by atoms with Crippen LogP contribution in [0.25, 0.3) is 16.3 Å². The number of aliphatic hydroxyl groups is 1. The number of carbonyl (C=O) groups excluding carboxylic acids is 8. The zero-order chi connectivity index (χ0) is 65.2. The van der Waals surface area contributed by atoms with E-state index in [1.165, 1.54) is 58.9 Å². The molecule has 1 saturated heterocycles. The van der Waals surface area contributed by atoms with Crippen molar-refractivity contribution in [2.45, 2.75) is 121 Å². The van der Waals surface area contributed by atoms with Gasteiger partial charge < -0.3 is 60.4 Å². The van der Waals surface area contributed by atoms with Crippen LogP contribution < -0.4 is 51.1 Å². The average Bonchev–Trinajstić information content (AvgIpc) is 1.59. The first-order valence-electron chi connectivity index (χ1n) is 32.0. The molecule has 2 aromatic heterocycles. The van der Waals surface area contributed by atoms with Crippen molar-refractivity contribution in [2.24, 2.45) is 17.1 Å². The Hall–Kier alpha value is -8.45. The van der Waals surface area contributed by atoms with Crippen LogP contribution in [0.15, 0.2) is 77.6 Å². The lowest BCUT2D eigenvalue weighted by molar-refractivity contribution is -0.151. The first-order valence-corrected chi connectivity index (χ1v) is 32.5. The number of amides is 7. The van der Waals surface area contributed by atoms with Crippen LogP contribution in [0.3, 0.4) is 0 Å². The highest BCUT2D eigenvalue weighted by Gasteiger charge is 2.51. The molecule has 5 aliphatic rings. The maximum absolute atomic E-state index is 14.8. The van der Waals surface area contributed by atoms with Gasteiger partial charge in [-0.05, 0) is 138 Å². The maximum Gasteiger partial charge on any atom is 0.415 e. The fraction of sp³-hybridized carbons (Fsp3) is 0.493. The molecule has 1 saturated carbocycles. The van der Waals surface area contributed by atoms with E-state index < -0.39 is 52.9 Å². The maximum atomic E-state index is 14.8. The fourth-order valence-corrected chi connectivity index (χ4v) is 13.0. The number of hydrogen-bond acceptors (Lipinski definition) is 17. The summed E-state index contributed by atoms with van der Waals surface area (Å²) in [5.74, 6) is -2.97. The third kappa shape index (κ3) is 14.4. The van der Waals surface area contributed by atoms with Gasteiger partial charge in [0.05, 0.1) is 31.2 Å². The second-order valence-corrected chi connectivity index (χ2v) is 24.8. The Kier molecular flexibility index (Phi) is 21.6. The number of piperazine rings is 1. The smallest absolute Gasteiger partial charge is 0.415 e. The number of benzene rings is 3. The predicted octanol–water partition coefficient (Wildman–Crippen LogP) is 6.68. The third-order valence-electron chi connectivity index (χ3n) is 18.3. The molecule has 25 heteroatoms. The molecular weight excluding hydrogens is 1200 g/mol. The number of hydrogen-bond donors (Lipinski definition) is 5. The van der Waals surface area contributed by atoms with Crippen molar-refractivity contribution in [1.29, 1.82) is 0 Å². The van der Waals surface area contributed by atoms with Crippen molar-refractivity contribution >= 4 is 86.8 Å². The van der Waals surface area contributed by atoms with Gasteiger partial charge in [-0.2, -0.15) is 0 Å². The normalized spacial score (nSPS) is 18.7. The number of nitrogens with two attached hydrogens (primary N) is 1. The molecule has 3 aromatic carbocycles. The molecule has 92 heavy (non-hydrogen) atoms. The highest BCUT2D eigenvalue weighted by molar-refractivity contribution is 6.19. The van der Waals surface area contributed by atoms with Crippen molar-refractivity contribution in [3.8, 4) is 23.1 Å². The number of nitrogens with zero attached hydrogens (tertiary/aromatic N) is 6. The summed E-state index contributed by atoms with van der Waals surface area (Å²) >= 11 is 6.57. The number of esters is 1. The number of methoxy groups -OCH3 is 1. The Morgan fingerprint density at radius 1 is 0.837 bits per heavy atom. The predicted molar refractivity (Wildman–Crippen MR) is 343 cm³/mol. The largest absolute Gasteiger partial charge is 0.491 e. The molecule has 5 heterocycles. The number of halogens is 1. The number of alkyl halides is 1. The van der Waals surface area contributed by atoms with Crippen LogP contribution in [0.4, 0.5) is 16.2 Å². The zero-order valence-electron chi connectivity index (χ0n) is 52.3. The molecule has 10 rings (SSSR count). The number of aryl methyl sites for hydroxylation is 1. The number of ether oxygens (including phenoxy) is 4. The van der Waals surface area contributed by atoms with Gasteiger partial charge >= 0.3 is 12.1 Å². The number of rotatable bonds is 27. The summed E-state index contributed by atoms with van der Waals surface area (Å²) in [4.78, 5) is 133. The fourth-order valence-electron chi connectivity index (χ4n) is 12.7. The minimum Gasteiger partial charge on any atom is -0.491 e. The van der Waals surface area contributed by atoms with Crippen LogP contribution >= 0.6 is 11.6 Å². The summed E-state index contributed by atoms with van der Waals surface area (Å²) in [5.41, 5.74) is 5.70. The Balaban J connectivity index is 0.790. The molecule has 2 fully saturated rings. The van der Waals surface area contributed by atoms with E-state index in [0.717, 1.165) is 29.4 Å². The van der Waals surface area contributed by atoms with Crippen molar-refractivity contribution in [3.63, 3.8) is 0 Å². The Labute approximate surface area is 538 Å². The van der Waals surface area contributed by atoms with E-state index in [9.17, 15) is 48.3 Å². The van der Waals surface area contributed by atoms with Crippen LogP contribution in [0, 0.1) is 11.3 Å². The molecule has 490 valence electrons. The van der Waals surface area contributed by atoms with E-state index >= 15 is 0 Å². The summed E-state index contributed by atoms with van der Waals surface area (Å²) in [6.45, 7) is 5.74. The van der Waals surface area contributed by atoms with Gasteiger partial charge in [-0.15, -0.1) is 11.6 Å². The van der Waals surface area contributed by atoms with Gasteiger partial charge in [0.2, 0.25) is 29.5 Å². The quantitative estimate of drug-likeness (QED) is 0.00914. The minimum absolute atomic E-state index is 0.00162. The number of unbranched alkanes of at least 4 members (excludes halogenated alkanes) is 5. The molecule has 2 aliphatic carbocycles. The van der Waals surface area contributed by atoms with E-state index in [4.69, 9.17) is 36.3 Å². The molecule has 6 N–H and O–H groups in total. The van der Waals surface area contributed by atoms with E-state index in [1.54, 1.807) is 15.9 Å². The van der Waals surface area contributed by atoms with Crippen molar-refractivity contribution in [2.75, 3.05) is 89.2 Å². The lowest BCUT2D eigenvalue weighted by Gasteiger charge is -2.39. The Morgan fingerprint density at radius 3 is 2.26 bits per heavy atom. The van der Waals surface area contributed by atoms with Gasteiger partial charge in [-0.25, -0.2) is 14.6 Å². The number of likely N-dealkylation sites (N-methyl/N-ethyl adjacent to an activating group) is 1. The number of carbonyl (C=O) groups is 8. The Bertz CT molecular complexity index is 3700.